The lowest BCUT2D eigenvalue weighted by Crippen LogP contribution is -2.40. The molecule has 0 spiro atoms. The highest BCUT2D eigenvalue weighted by molar-refractivity contribution is 5.98. The van der Waals surface area contributed by atoms with E-state index in [-0.39, 0.29) is 24.1 Å². The van der Waals surface area contributed by atoms with Crippen molar-refractivity contribution in [1.29, 1.82) is 0 Å². The normalized spacial score (nSPS) is 15.6. The molecule has 25 heavy (non-hydrogen) atoms. The van der Waals surface area contributed by atoms with Crippen LogP contribution in [0.3, 0.4) is 0 Å². The second-order valence-corrected chi connectivity index (χ2v) is 6.29. The van der Waals surface area contributed by atoms with Gasteiger partial charge in [-0.05, 0) is 30.4 Å². The topological polar surface area (TPSA) is 75.7 Å². The lowest BCUT2D eigenvalue weighted by Gasteiger charge is -2.30. The van der Waals surface area contributed by atoms with Gasteiger partial charge in [0.15, 0.2) is 6.61 Å². The van der Waals surface area contributed by atoms with E-state index in [4.69, 9.17) is 4.74 Å². The molecule has 2 rings (SSSR count). The van der Waals surface area contributed by atoms with Crippen LogP contribution in [-0.4, -0.2) is 42.4 Å². The molecule has 0 bridgehead atoms. The van der Waals surface area contributed by atoms with Crippen LogP contribution in [-0.2, 0) is 19.1 Å². The maximum absolute atomic E-state index is 12.2. The van der Waals surface area contributed by atoms with Crippen LogP contribution < -0.4 is 5.32 Å². The number of carbonyl (C=O) groups excluding carboxylic acids is 3. The number of rotatable bonds is 5. The number of nitrogens with one attached hydrogen (secondary N) is 1. The molecule has 1 N–H and O–H groups in total. The third-order valence-corrected chi connectivity index (χ3v) is 4.10. The van der Waals surface area contributed by atoms with Gasteiger partial charge in [0.25, 0.3) is 5.91 Å². The average Bonchev–Trinajstić information content (AvgIpc) is 2.60. The van der Waals surface area contributed by atoms with Crippen molar-refractivity contribution < 1.29 is 19.1 Å². The first kappa shape index (κ1) is 18.7. The summed E-state index contributed by atoms with van der Waals surface area (Å²) in [7, 11) is 0. The highest BCUT2D eigenvalue weighted by Gasteiger charge is 2.22. The summed E-state index contributed by atoms with van der Waals surface area (Å²) in [5, 5.41) is 2.46. The lowest BCUT2D eigenvalue weighted by atomic mass is 9.99. The van der Waals surface area contributed by atoms with Crippen molar-refractivity contribution >= 4 is 23.9 Å². The molecule has 2 amide bonds. The first-order valence-corrected chi connectivity index (χ1v) is 8.45. The van der Waals surface area contributed by atoms with Crippen LogP contribution >= 0.6 is 0 Å². The number of benzene rings is 1. The van der Waals surface area contributed by atoms with E-state index in [2.05, 4.69) is 12.2 Å². The Bertz CT molecular complexity index is 647. The van der Waals surface area contributed by atoms with Gasteiger partial charge in [-0.25, -0.2) is 4.79 Å². The Kier molecular flexibility index (Phi) is 6.74. The molecule has 1 heterocycles. The minimum Gasteiger partial charge on any atom is -0.451 e. The molecule has 1 saturated heterocycles. The van der Waals surface area contributed by atoms with Gasteiger partial charge in [0.05, 0.1) is 0 Å². The molecule has 0 unspecified atom stereocenters. The smallest absolute Gasteiger partial charge is 0.355 e. The van der Waals surface area contributed by atoms with Crippen LogP contribution in [0.25, 0.3) is 6.08 Å². The monoisotopic (exact) mass is 344 g/mol. The predicted molar refractivity (Wildman–Crippen MR) is 94.2 cm³/mol. The lowest BCUT2D eigenvalue weighted by molar-refractivity contribution is -0.150. The van der Waals surface area contributed by atoms with Crippen LogP contribution in [0.1, 0.15) is 32.3 Å². The summed E-state index contributed by atoms with van der Waals surface area (Å²) in [6.45, 7) is 4.53. The third-order valence-electron chi connectivity index (χ3n) is 4.10. The molecule has 1 aromatic carbocycles. The summed E-state index contributed by atoms with van der Waals surface area (Å²) in [5.74, 6) is -0.692. The van der Waals surface area contributed by atoms with Crippen molar-refractivity contribution in [2.24, 2.45) is 5.92 Å². The van der Waals surface area contributed by atoms with Gasteiger partial charge in [0, 0.05) is 20.0 Å². The number of likely N-dealkylation sites (tertiary alicyclic amines) is 1. The number of nitrogens with zero attached hydrogens (tertiary/aromatic N) is 1. The molecule has 1 fully saturated rings. The maximum atomic E-state index is 12.2. The summed E-state index contributed by atoms with van der Waals surface area (Å²) in [6, 6.07) is 9.10. The minimum absolute atomic E-state index is 0.0127. The second-order valence-electron chi connectivity index (χ2n) is 6.29. The summed E-state index contributed by atoms with van der Waals surface area (Å²) in [4.78, 5) is 37.4. The Labute approximate surface area is 147 Å². The highest BCUT2D eigenvalue weighted by Crippen LogP contribution is 2.16. The zero-order valence-corrected chi connectivity index (χ0v) is 14.7. The number of esters is 1. The van der Waals surface area contributed by atoms with E-state index >= 15 is 0 Å². The number of piperidine rings is 1. The van der Waals surface area contributed by atoms with Crippen molar-refractivity contribution in [3.05, 3.63) is 41.6 Å². The average molecular weight is 344 g/mol. The van der Waals surface area contributed by atoms with Gasteiger partial charge in [0.1, 0.15) is 5.70 Å². The molecule has 0 saturated carbocycles. The molecular formula is C19H24N2O4. The van der Waals surface area contributed by atoms with Crippen molar-refractivity contribution in [2.45, 2.75) is 26.7 Å². The number of hydrogen-bond donors (Lipinski definition) is 1. The van der Waals surface area contributed by atoms with Crippen LogP contribution in [0.15, 0.2) is 36.0 Å². The standard InChI is InChI=1S/C19H24N2O4/c1-14-8-10-21(11-9-14)18(23)13-25-19(24)17(20-15(2)22)12-16-6-4-3-5-7-16/h3-7,12,14H,8-11,13H2,1-2H3,(H,20,22)/b17-12-. The molecule has 1 aliphatic rings. The van der Waals surface area contributed by atoms with Gasteiger partial charge in [-0.3, -0.25) is 9.59 Å². The number of ether oxygens (including phenoxy) is 1. The summed E-state index contributed by atoms with van der Waals surface area (Å²) < 4.78 is 5.11. The van der Waals surface area contributed by atoms with Crippen LogP contribution in [0, 0.1) is 5.92 Å². The molecule has 0 aliphatic carbocycles. The first-order valence-electron chi connectivity index (χ1n) is 8.45. The van der Waals surface area contributed by atoms with E-state index in [1.54, 1.807) is 17.0 Å². The summed E-state index contributed by atoms with van der Waals surface area (Å²) in [6.07, 6.45) is 3.45. The van der Waals surface area contributed by atoms with E-state index in [1.165, 1.54) is 13.0 Å². The van der Waals surface area contributed by atoms with Crippen LogP contribution in [0.2, 0.25) is 0 Å². The molecule has 134 valence electrons. The molecule has 0 radical (unpaired) electrons. The van der Waals surface area contributed by atoms with Gasteiger partial charge in [0.2, 0.25) is 5.91 Å². The van der Waals surface area contributed by atoms with Gasteiger partial charge in [-0.2, -0.15) is 0 Å². The maximum Gasteiger partial charge on any atom is 0.355 e. The summed E-state index contributed by atoms with van der Waals surface area (Å²) in [5.41, 5.74) is 0.762. The number of carbonyl (C=O) groups is 3. The summed E-state index contributed by atoms with van der Waals surface area (Å²) >= 11 is 0. The van der Waals surface area contributed by atoms with E-state index < -0.39 is 5.97 Å². The third kappa shape index (κ3) is 6.06. The molecule has 6 nitrogen and oxygen atoms in total. The van der Waals surface area contributed by atoms with Crippen LogP contribution in [0.5, 0.6) is 0 Å². The van der Waals surface area contributed by atoms with Gasteiger partial charge >= 0.3 is 5.97 Å². The molecule has 0 aromatic heterocycles. The Morgan fingerprint density at radius 1 is 1.20 bits per heavy atom. The van der Waals surface area contributed by atoms with Crippen molar-refractivity contribution in [3.63, 3.8) is 0 Å². The van der Waals surface area contributed by atoms with Crippen molar-refractivity contribution in [3.8, 4) is 0 Å². The minimum atomic E-state index is -0.724. The van der Waals surface area contributed by atoms with Crippen molar-refractivity contribution in [1.82, 2.24) is 10.2 Å². The molecular weight excluding hydrogens is 320 g/mol. The zero-order chi connectivity index (χ0) is 18.2. The Hall–Kier alpha value is -2.63. The second kappa shape index (κ2) is 9.01. The van der Waals surface area contributed by atoms with E-state index in [0.717, 1.165) is 18.4 Å². The Morgan fingerprint density at radius 3 is 2.44 bits per heavy atom. The van der Waals surface area contributed by atoms with E-state index in [0.29, 0.717) is 19.0 Å². The van der Waals surface area contributed by atoms with E-state index in [1.807, 2.05) is 18.2 Å². The van der Waals surface area contributed by atoms with Crippen LogP contribution in [0.4, 0.5) is 0 Å². The van der Waals surface area contributed by atoms with Gasteiger partial charge < -0.3 is 15.0 Å². The van der Waals surface area contributed by atoms with Gasteiger partial charge in [-0.15, -0.1) is 0 Å². The fourth-order valence-corrected chi connectivity index (χ4v) is 2.61. The zero-order valence-electron chi connectivity index (χ0n) is 14.7. The SMILES string of the molecule is CC(=O)N/C(=C\c1ccccc1)C(=O)OCC(=O)N1CCC(C)CC1. The van der Waals surface area contributed by atoms with Gasteiger partial charge in [-0.1, -0.05) is 37.3 Å². The molecule has 1 aromatic rings. The molecule has 6 heteroatoms. The predicted octanol–water partition coefficient (Wildman–Crippen LogP) is 1.97. The quantitative estimate of drug-likeness (QED) is 0.654. The Balaban J connectivity index is 1.96. The Morgan fingerprint density at radius 2 is 1.84 bits per heavy atom. The van der Waals surface area contributed by atoms with E-state index in [9.17, 15) is 14.4 Å². The fraction of sp³-hybridized carbons (Fsp3) is 0.421. The number of hydrogen-bond acceptors (Lipinski definition) is 4. The largest absolute Gasteiger partial charge is 0.451 e. The highest BCUT2D eigenvalue weighted by atomic mass is 16.5. The molecule has 0 atom stereocenters. The van der Waals surface area contributed by atoms with Crippen molar-refractivity contribution in [2.75, 3.05) is 19.7 Å². The number of amides is 2. The molecule has 1 aliphatic heterocycles. The fourth-order valence-electron chi connectivity index (χ4n) is 2.61. The first-order chi connectivity index (χ1) is 12.0.